The molecule has 3 heterocycles. The van der Waals surface area contributed by atoms with Crippen LogP contribution in [0.15, 0.2) is 42.6 Å². The number of aromatic nitrogens is 3. The lowest BCUT2D eigenvalue weighted by Crippen LogP contribution is -2.36. The van der Waals surface area contributed by atoms with E-state index in [0.29, 0.717) is 36.7 Å². The van der Waals surface area contributed by atoms with Gasteiger partial charge in [-0.1, -0.05) is 39.2 Å². The van der Waals surface area contributed by atoms with E-state index in [0.717, 1.165) is 72.3 Å². The Morgan fingerprint density at radius 1 is 1.04 bits per heavy atom. The van der Waals surface area contributed by atoms with Crippen LogP contribution in [0.5, 0.6) is 5.75 Å². The van der Waals surface area contributed by atoms with Crippen molar-refractivity contribution in [2.24, 2.45) is 0 Å². The van der Waals surface area contributed by atoms with Crippen LogP contribution in [0.25, 0.3) is 33.8 Å². The number of hydrogen-bond donors (Lipinski definition) is 2. The lowest BCUT2D eigenvalue weighted by Gasteiger charge is -2.29. The van der Waals surface area contributed by atoms with Crippen LogP contribution in [0.2, 0.25) is 0 Å². The summed E-state index contributed by atoms with van der Waals surface area (Å²) in [7, 11) is 3.63. The molecule has 2 amide bonds. The van der Waals surface area contributed by atoms with Gasteiger partial charge in [0.1, 0.15) is 5.75 Å². The zero-order valence-electron chi connectivity index (χ0n) is 30.8. The molecule has 1 aliphatic heterocycles. The average molecular weight is 709 g/mol. The summed E-state index contributed by atoms with van der Waals surface area (Å²) < 4.78 is 13.4. The highest BCUT2D eigenvalue weighted by Gasteiger charge is 2.34. The molecule has 51 heavy (non-hydrogen) atoms. The molecule has 3 aliphatic rings. The normalized spacial score (nSPS) is 16.3. The second kappa shape index (κ2) is 15.3. The first-order valence-corrected chi connectivity index (χ1v) is 19.7. The van der Waals surface area contributed by atoms with Gasteiger partial charge in [0.05, 0.1) is 42.8 Å². The maximum Gasteiger partial charge on any atom is 0.261 e. The molecule has 2 fully saturated rings. The van der Waals surface area contributed by atoms with Crippen LogP contribution in [-0.4, -0.2) is 70.1 Å². The molecule has 2 N–H and O–H groups in total. The number of hydrogen-bond acceptors (Lipinski definition) is 6. The van der Waals surface area contributed by atoms with Crippen LogP contribution in [0.4, 0.5) is 0 Å². The van der Waals surface area contributed by atoms with E-state index in [9.17, 15) is 9.59 Å². The number of nitrogens with zero attached hydrogens (tertiary/aromatic N) is 4. The Balaban J connectivity index is 1.46. The standard InChI is InChI=1S/C41H52N6O3S/c1-6-45(20-19-42-4)41(49)35-24-43-47(31-13-10-14-31)38(35)30-21-29-22-32(50-5)16-18-33(29)39-37(27-11-8-7-9-12-27)34-17-15-28(23-36(34)46(39)25-30)40(48)44-51-26(2)3/h15-18,21-24,26-27,31,42H,6-14,19-20,25H2,1-5H3,(H,44,48). The molecule has 2 aromatic heterocycles. The van der Waals surface area contributed by atoms with Crippen LogP contribution < -0.4 is 14.8 Å². The molecule has 2 aromatic carbocycles. The quantitative estimate of drug-likeness (QED) is 0.144. The van der Waals surface area contributed by atoms with Crippen molar-refractivity contribution in [3.8, 4) is 17.0 Å². The van der Waals surface area contributed by atoms with E-state index in [-0.39, 0.29) is 23.1 Å². The molecule has 2 aliphatic carbocycles. The number of amides is 2. The van der Waals surface area contributed by atoms with E-state index in [1.165, 1.54) is 47.9 Å². The molecule has 9 nitrogen and oxygen atoms in total. The first kappa shape index (κ1) is 35.4. The highest BCUT2D eigenvalue weighted by Crippen LogP contribution is 2.48. The van der Waals surface area contributed by atoms with Crippen LogP contribution in [0.3, 0.4) is 0 Å². The van der Waals surface area contributed by atoms with Gasteiger partial charge in [0.25, 0.3) is 11.8 Å². The lowest BCUT2D eigenvalue weighted by atomic mass is 9.81. The van der Waals surface area contributed by atoms with Gasteiger partial charge in [0.2, 0.25) is 0 Å². The van der Waals surface area contributed by atoms with E-state index < -0.39 is 0 Å². The Hall–Kier alpha value is -4.02. The Morgan fingerprint density at radius 2 is 1.84 bits per heavy atom. The molecular weight excluding hydrogens is 657 g/mol. The van der Waals surface area contributed by atoms with Gasteiger partial charge in [0, 0.05) is 46.9 Å². The second-order valence-corrected chi connectivity index (χ2v) is 15.9. The summed E-state index contributed by atoms with van der Waals surface area (Å²) in [5.41, 5.74) is 9.09. The van der Waals surface area contributed by atoms with Crippen LogP contribution in [0.1, 0.15) is 122 Å². The highest BCUT2D eigenvalue weighted by atomic mass is 32.2. The van der Waals surface area contributed by atoms with Gasteiger partial charge in [-0.2, -0.15) is 5.10 Å². The second-order valence-electron chi connectivity index (χ2n) is 14.6. The van der Waals surface area contributed by atoms with Crippen LogP contribution in [-0.2, 0) is 6.54 Å². The third kappa shape index (κ3) is 6.85. The number of nitrogens with one attached hydrogen (secondary N) is 2. The highest BCUT2D eigenvalue weighted by molar-refractivity contribution is 7.98. The summed E-state index contributed by atoms with van der Waals surface area (Å²) in [5, 5.41) is 9.63. The molecule has 0 spiro atoms. The van der Waals surface area contributed by atoms with Crippen LogP contribution >= 0.6 is 11.9 Å². The van der Waals surface area contributed by atoms with Crippen molar-refractivity contribution in [1.82, 2.24) is 29.3 Å². The van der Waals surface area contributed by atoms with Crippen molar-refractivity contribution >= 4 is 46.3 Å². The molecule has 2 saturated carbocycles. The summed E-state index contributed by atoms with van der Waals surface area (Å²) in [6.45, 7) is 8.69. The Morgan fingerprint density at radius 3 is 2.53 bits per heavy atom. The molecule has 7 rings (SSSR count). The van der Waals surface area contributed by atoms with Crippen molar-refractivity contribution in [2.45, 2.75) is 95.9 Å². The van der Waals surface area contributed by atoms with Gasteiger partial charge in [-0.25, -0.2) is 0 Å². The maximum absolute atomic E-state index is 14.4. The largest absolute Gasteiger partial charge is 0.497 e. The van der Waals surface area contributed by atoms with Crippen molar-refractivity contribution in [3.63, 3.8) is 0 Å². The Kier molecular flexibility index (Phi) is 10.6. The molecule has 0 atom stereocenters. The van der Waals surface area contributed by atoms with Crippen molar-refractivity contribution in [1.29, 1.82) is 0 Å². The molecule has 0 unspecified atom stereocenters. The maximum atomic E-state index is 14.4. The number of fused-ring (bicyclic) bond motifs is 5. The number of ether oxygens (including phenoxy) is 1. The molecule has 10 heteroatoms. The zero-order chi connectivity index (χ0) is 35.6. The molecular formula is C41H52N6O3S. The molecule has 0 bridgehead atoms. The first-order chi connectivity index (χ1) is 24.8. The number of allylic oxidation sites excluding steroid dienone is 1. The SMILES string of the molecule is CCN(CCNC)C(=O)c1cnn(C2CCC2)c1C1=Cc2cc(OC)ccc2-c2c(C3CCCCC3)c3ccc(C(=O)NSC(C)C)cc3n2C1. The summed E-state index contributed by atoms with van der Waals surface area (Å²) >= 11 is 1.44. The van der Waals surface area contributed by atoms with Crippen molar-refractivity contribution in [3.05, 3.63) is 70.5 Å². The minimum Gasteiger partial charge on any atom is -0.497 e. The summed E-state index contributed by atoms with van der Waals surface area (Å²) in [4.78, 5) is 29.8. The third-order valence-electron chi connectivity index (χ3n) is 11.0. The number of carbonyl (C=O) groups excluding carboxylic acids is 2. The molecule has 0 saturated heterocycles. The molecule has 270 valence electrons. The van der Waals surface area contributed by atoms with E-state index in [2.05, 4.69) is 69.5 Å². The van der Waals surface area contributed by atoms with Crippen molar-refractivity contribution < 1.29 is 14.3 Å². The van der Waals surface area contributed by atoms with Gasteiger partial charge in [0.15, 0.2) is 0 Å². The number of rotatable bonds is 12. The first-order valence-electron chi connectivity index (χ1n) is 18.9. The van der Waals surface area contributed by atoms with E-state index in [4.69, 9.17) is 9.84 Å². The topological polar surface area (TPSA) is 93.4 Å². The predicted octanol–water partition coefficient (Wildman–Crippen LogP) is 8.31. The molecule has 4 aromatic rings. The monoisotopic (exact) mass is 708 g/mol. The van der Waals surface area contributed by atoms with Gasteiger partial charge >= 0.3 is 0 Å². The fourth-order valence-electron chi connectivity index (χ4n) is 8.12. The third-order valence-corrected chi connectivity index (χ3v) is 11.8. The number of benzene rings is 2. The summed E-state index contributed by atoms with van der Waals surface area (Å²) in [6, 6.07) is 12.9. The Bertz CT molecular complexity index is 1950. The van der Waals surface area contributed by atoms with E-state index in [1.54, 1.807) is 13.3 Å². The number of carbonyl (C=O) groups is 2. The van der Waals surface area contributed by atoms with Gasteiger partial charge < -0.3 is 19.5 Å². The number of methoxy groups -OCH3 is 1. The van der Waals surface area contributed by atoms with Gasteiger partial charge in [-0.3, -0.25) is 19.0 Å². The summed E-state index contributed by atoms with van der Waals surface area (Å²) in [5.74, 6) is 1.14. The Labute approximate surface area is 306 Å². The minimum atomic E-state index is -0.0861. The van der Waals surface area contributed by atoms with E-state index in [1.807, 2.05) is 24.9 Å². The van der Waals surface area contributed by atoms with E-state index >= 15 is 0 Å². The zero-order valence-corrected chi connectivity index (χ0v) is 31.6. The van der Waals surface area contributed by atoms with Gasteiger partial charge in [-0.05, 0) is 117 Å². The van der Waals surface area contributed by atoms with Crippen LogP contribution in [0, 0.1) is 0 Å². The van der Waals surface area contributed by atoms with Crippen molar-refractivity contribution in [2.75, 3.05) is 33.8 Å². The average Bonchev–Trinajstić information content (AvgIpc) is 3.64. The predicted molar refractivity (Wildman–Crippen MR) is 208 cm³/mol. The van der Waals surface area contributed by atoms with Gasteiger partial charge in [-0.15, -0.1) is 0 Å². The fourth-order valence-corrected chi connectivity index (χ4v) is 8.58. The lowest BCUT2D eigenvalue weighted by molar-refractivity contribution is 0.0765. The summed E-state index contributed by atoms with van der Waals surface area (Å²) in [6.07, 6.45) is 13.3. The smallest absolute Gasteiger partial charge is 0.261 e. The molecule has 0 radical (unpaired) electrons. The number of likely N-dealkylation sites (N-methyl/N-ethyl adjacent to an activating group) is 2. The fraction of sp³-hybridized carbons (Fsp3) is 0.488. The minimum absolute atomic E-state index is 0.00595.